The molecule has 5 nitrogen and oxygen atoms in total. The zero-order valence-corrected chi connectivity index (χ0v) is 18.4. The van der Waals surface area contributed by atoms with Gasteiger partial charge in [0.25, 0.3) is 0 Å². The number of halogens is 1. The van der Waals surface area contributed by atoms with Crippen LogP contribution in [0.3, 0.4) is 0 Å². The van der Waals surface area contributed by atoms with Crippen LogP contribution in [0.25, 0.3) is 10.9 Å². The summed E-state index contributed by atoms with van der Waals surface area (Å²) in [5.74, 6) is -0.416. The Kier molecular flexibility index (Phi) is 6.12. The molecule has 7 heteroatoms. The summed E-state index contributed by atoms with van der Waals surface area (Å²) in [5, 5.41) is 5.23. The number of aromatic nitrogens is 2. The van der Waals surface area contributed by atoms with Crippen LogP contribution in [0.15, 0.2) is 22.7 Å². The van der Waals surface area contributed by atoms with Gasteiger partial charge in [-0.05, 0) is 45.0 Å². The zero-order chi connectivity index (χ0) is 18.8. The van der Waals surface area contributed by atoms with Crippen LogP contribution in [0.5, 0.6) is 0 Å². The van der Waals surface area contributed by atoms with Crippen LogP contribution in [0.4, 0.5) is 0 Å². The van der Waals surface area contributed by atoms with Crippen molar-refractivity contribution in [3.8, 4) is 0 Å². The van der Waals surface area contributed by atoms with Gasteiger partial charge in [0.05, 0.1) is 5.52 Å². The van der Waals surface area contributed by atoms with Gasteiger partial charge in [0, 0.05) is 24.5 Å². The zero-order valence-electron chi connectivity index (χ0n) is 15.9. The smallest absolute Gasteiger partial charge is 0.360 e. The molecule has 0 N–H and O–H groups in total. The highest BCUT2D eigenvalue weighted by Gasteiger charge is 2.24. The van der Waals surface area contributed by atoms with Crippen molar-refractivity contribution in [1.29, 1.82) is 0 Å². The Morgan fingerprint density at radius 3 is 2.56 bits per heavy atom. The Morgan fingerprint density at radius 2 is 1.96 bits per heavy atom. The molecule has 1 aromatic carbocycles. The fraction of sp³-hybridized carbons (Fsp3) is 0.556. The number of hydrogen-bond acceptors (Lipinski definition) is 4. The maximum absolute atomic E-state index is 12.5. The van der Waals surface area contributed by atoms with Gasteiger partial charge in [-0.15, -0.1) is 0 Å². The molecule has 0 aliphatic carbocycles. The average Bonchev–Trinajstić information content (AvgIpc) is 2.79. The SMILES string of the molecule is CC(C)(C)OC(=O)c1nn(COCC[Si](C)(C)C)c2cc(Br)ccc12. The monoisotopic (exact) mass is 426 g/mol. The maximum atomic E-state index is 12.5. The first-order chi connectivity index (χ1) is 11.5. The van der Waals surface area contributed by atoms with E-state index in [0.29, 0.717) is 19.0 Å². The summed E-state index contributed by atoms with van der Waals surface area (Å²) in [7, 11) is -1.13. The van der Waals surface area contributed by atoms with Crippen LogP contribution in [-0.2, 0) is 16.2 Å². The molecule has 1 heterocycles. The molecule has 2 aromatic rings. The first-order valence-corrected chi connectivity index (χ1v) is 12.9. The van der Waals surface area contributed by atoms with Crippen LogP contribution in [0.1, 0.15) is 31.3 Å². The largest absolute Gasteiger partial charge is 0.455 e. The highest BCUT2D eigenvalue weighted by molar-refractivity contribution is 9.10. The summed E-state index contributed by atoms with van der Waals surface area (Å²) in [6.45, 7) is 13.5. The second kappa shape index (κ2) is 7.59. The minimum Gasteiger partial charge on any atom is -0.455 e. The second-order valence-electron chi connectivity index (χ2n) is 8.36. The fourth-order valence-electron chi connectivity index (χ4n) is 2.25. The summed E-state index contributed by atoms with van der Waals surface area (Å²) in [6.07, 6.45) is 0. The predicted octanol–water partition coefficient (Wildman–Crippen LogP) is 5.07. The standard InChI is InChI=1S/C18H27BrN2O3Si/c1-18(2,3)24-17(22)16-14-8-7-13(19)11-15(14)21(20-16)12-23-9-10-25(4,5)6/h7-8,11H,9-10,12H2,1-6H3. The highest BCUT2D eigenvalue weighted by atomic mass is 79.9. The number of fused-ring (bicyclic) bond motifs is 1. The Labute approximate surface area is 158 Å². The van der Waals surface area contributed by atoms with Gasteiger partial charge in [-0.3, -0.25) is 0 Å². The van der Waals surface area contributed by atoms with E-state index in [2.05, 4.69) is 40.7 Å². The molecule has 0 aliphatic rings. The quantitative estimate of drug-likeness (QED) is 0.367. The number of ether oxygens (including phenoxy) is 2. The number of hydrogen-bond donors (Lipinski definition) is 0. The van der Waals surface area contributed by atoms with Gasteiger partial charge in [0.1, 0.15) is 12.3 Å². The molecule has 0 radical (unpaired) electrons. The molecule has 2 rings (SSSR count). The van der Waals surface area contributed by atoms with E-state index in [1.54, 1.807) is 4.68 Å². The van der Waals surface area contributed by atoms with Gasteiger partial charge >= 0.3 is 5.97 Å². The van der Waals surface area contributed by atoms with E-state index < -0.39 is 19.6 Å². The van der Waals surface area contributed by atoms with Crippen molar-refractivity contribution in [3.05, 3.63) is 28.4 Å². The fourth-order valence-corrected chi connectivity index (χ4v) is 3.36. The lowest BCUT2D eigenvalue weighted by Crippen LogP contribution is -2.24. The van der Waals surface area contributed by atoms with Gasteiger partial charge in [-0.1, -0.05) is 35.6 Å². The topological polar surface area (TPSA) is 53.3 Å². The molecule has 138 valence electrons. The van der Waals surface area contributed by atoms with Crippen LogP contribution >= 0.6 is 15.9 Å². The number of carbonyl (C=O) groups excluding carboxylic acids is 1. The summed E-state index contributed by atoms with van der Waals surface area (Å²) in [5.41, 5.74) is 0.616. The van der Waals surface area contributed by atoms with Crippen molar-refractivity contribution in [2.24, 2.45) is 0 Å². The lowest BCUT2D eigenvalue weighted by molar-refractivity contribution is 0.00618. The first kappa shape index (κ1) is 20.1. The number of nitrogens with zero attached hydrogens (tertiary/aromatic N) is 2. The normalized spacial score (nSPS) is 12.6. The summed E-state index contributed by atoms with van der Waals surface area (Å²) < 4.78 is 13.9. The second-order valence-corrected chi connectivity index (χ2v) is 14.9. The van der Waals surface area contributed by atoms with Crippen LogP contribution in [-0.4, -0.2) is 36.0 Å². The van der Waals surface area contributed by atoms with Crippen LogP contribution in [0.2, 0.25) is 25.7 Å². The first-order valence-electron chi connectivity index (χ1n) is 8.43. The Hall–Kier alpha value is -1.18. The molecule has 25 heavy (non-hydrogen) atoms. The maximum Gasteiger partial charge on any atom is 0.360 e. The molecule has 0 amide bonds. The van der Waals surface area contributed by atoms with Crippen molar-refractivity contribution < 1.29 is 14.3 Å². The van der Waals surface area contributed by atoms with Gasteiger partial charge in [-0.2, -0.15) is 5.10 Å². The Bertz CT molecular complexity index is 760. The summed E-state index contributed by atoms with van der Waals surface area (Å²) >= 11 is 3.48. The molecule has 0 atom stereocenters. The van der Waals surface area contributed by atoms with E-state index in [0.717, 1.165) is 21.4 Å². The molecule has 0 aliphatic heterocycles. The van der Waals surface area contributed by atoms with Crippen molar-refractivity contribution in [2.75, 3.05) is 6.61 Å². The Balaban J connectivity index is 2.25. The lowest BCUT2D eigenvalue weighted by Gasteiger charge is -2.18. The van der Waals surface area contributed by atoms with E-state index in [4.69, 9.17) is 9.47 Å². The minimum atomic E-state index is -1.13. The van der Waals surface area contributed by atoms with Crippen molar-refractivity contribution in [2.45, 2.75) is 58.8 Å². The van der Waals surface area contributed by atoms with Gasteiger partial charge in [-0.25, -0.2) is 9.48 Å². The van der Waals surface area contributed by atoms with E-state index >= 15 is 0 Å². The molecule has 0 saturated heterocycles. The minimum absolute atomic E-state index is 0.320. The molecule has 0 unspecified atom stereocenters. The van der Waals surface area contributed by atoms with Crippen molar-refractivity contribution >= 4 is 40.9 Å². The number of rotatable bonds is 6. The van der Waals surface area contributed by atoms with Crippen LogP contribution < -0.4 is 0 Å². The molecule has 0 spiro atoms. The third-order valence-electron chi connectivity index (χ3n) is 3.52. The van der Waals surface area contributed by atoms with E-state index in [9.17, 15) is 4.79 Å². The van der Waals surface area contributed by atoms with Gasteiger partial charge in [0.2, 0.25) is 0 Å². The number of benzene rings is 1. The molecule has 0 fully saturated rings. The highest BCUT2D eigenvalue weighted by Crippen LogP contribution is 2.25. The third kappa shape index (κ3) is 5.93. The van der Waals surface area contributed by atoms with Crippen molar-refractivity contribution in [3.63, 3.8) is 0 Å². The van der Waals surface area contributed by atoms with E-state index in [1.165, 1.54) is 0 Å². The van der Waals surface area contributed by atoms with Crippen molar-refractivity contribution in [1.82, 2.24) is 9.78 Å². The molecule has 1 aromatic heterocycles. The number of carbonyl (C=O) groups is 1. The van der Waals surface area contributed by atoms with E-state index in [-0.39, 0.29) is 0 Å². The molecular formula is C18H27BrN2O3Si. The Morgan fingerprint density at radius 1 is 1.28 bits per heavy atom. The molecule has 0 saturated carbocycles. The van der Waals surface area contributed by atoms with Gasteiger partial charge < -0.3 is 9.47 Å². The number of esters is 1. The third-order valence-corrected chi connectivity index (χ3v) is 5.71. The predicted molar refractivity (Wildman–Crippen MR) is 107 cm³/mol. The molecule has 0 bridgehead atoms. The summed E-state index contributed by atoms with van der Waals surface area (Å²) in [6, 6.07) is 6.81. The summed E-state index contributed by atoms with van der Waals surface area (Å²) in [4.78, 5) is 12.5. The van der Waals surface area contributed by atoms with E-state index in [1.807, 2.05) is 39.0 Å². The van der Waals surface area contributed by atoms with Crippen LogP contribution in [0, 0.1) is 0 Å². The average molecular weight is 427 g/mol. The molecular weight excluding hydrogens is 400 g/mol. The van der Waals surface area contributed by atoms with Gasteiger partial charge in [0.15, 0.2) is 5.69 Å². The lowest BCUT2D eigenvalue weighted by atomic mass is 10.2.